The fraction of sp³-hybridized carbons (Fsp3) is 0.278. The minimum atomic E-state index is -0.0505. The van der Waals surface area contributed by atoms with Gasteiger partial charge in [-0.1, -0.05) is 54.1 Å². The van der Waals surface area contributed by atoms with Crippen LogP contribution < -0.4 is 5.32 Å². The van der Waals surface area contributed by atoms with Crippen molar-refractivity contribution < 1.29 is 4.79 Å². The number of thioether (sulfide) groups is 1. The van der Waals surface area contributed by atoms with E-state index in [0.717, 1.165) is 17.2 Å². The molecule has 2 aromatic rings. The van der Waals surface area contributed by atoms with Crippen LogP contribution in [0.4, 0.5) is 0 Å². The third-order valence-corrected chi connectivity index (χ3v) is 4.80. The van der Waals surface area contributed by atoms with Gasteiger partial charge in [-0.15, -0.1) is 11.8 Å². The van der Waals surface area contributed by atoms with E-state index in [9.17, 15) is 4.79 Å². The number of carbonyl (C=O) groups is 1. The quantitative estimate of drug-likeness (QED) is 0.817. The van der Waals surface area contributed by atoms with Crippen LogP contribution in [0.5, 0.6) is 0 Å². The number of nitrogens with one attached hydrogen (secondary N) is 1. The molecular weight excluding hydrogens is 314 g/mol. The number of halogens is 1. The first-order chi connectivity index (χ1) is 10.6. The molecule has 0 unspecified atom stereocenters. The fourth-order valence-electron chi connectivity index (χ4n) is 2.00. The van der Waals surface area contributed by atoms with Crippen LogP contribution in [0.2, 0.25) is 5.02 Å². The minimum absolute atomic E-state index is 0.0505. The smallest absolute Gasteiger partial charge is 0.232 e. The van der Waals surface area contributed by atoms with Gasteiger partial charge in [-0.25, -0.2) is 0 Å². The van der Waals surface area contributed by atoms with Crippen molar-refractivity contribution in [3.05, 3.63) is 70.7 Å². The van der Waals surface area contributed by atoms with Crippen molar-refractivity contribution >= 4 is 29.3 Å². The molecule has 2 aromatic carbocycles. The second-order valence-electron chi connectivity index (χ2n) is 5.11. The minimum Gasteiger partial charge on any atom is -0.355 e. The predicted molar refractivity (Wildman–Crippen MR) is 95.4 cm³/mol. The predicted octanol–water partition coefficient (Wildman–Crippen LogP) is 4.32. The number of benzene rings is 2. The molecule has 0 aliphatic carbocycles. The van der Waals surface area contributed by atoms with Crippen molar-refractivity contribution in [2.75, 3.05) is 6.54 Å². The number of rotatable bonds is 7. The number of hydrogen-bond donors (Lipinski definition) is 1. The monoisotopic (exact) mass is 333 g/mol. The first kappa shape index (κ1) is 16.9. The van der Waals surface area contributed by atoms with Crippen LogP contribution in [0, 0.1) is 0 Å². The van der Waals surface area contributed by atoms with Gasteiger partial charge in [0.2, 0.25) is 5.91 Å². The summed E-state index contributed by atoms with van der Waals surface area (Å²) < 4.78 is 0. The van der Waals surface area contributed by atoms with Crippen LogP contribution in [0.25, 0.3) is 0 Å². The highest BCUT2D eigenvalue weighted by Gasteiger charge is 2.12. The van der Waals surface area contributed by atoms with Crippen LogP contribution in [0.3, 0.4) is 0 Å². The molecule has 22 heavy (non-hydrogen) atoms. The first-order valence-corrected chi connectivity index (χ1v) is 8.75. The Bertz CT molecular complexity index is 586. The van der Waals surface area contributed by atoms with E-state index < -0.39 is 0 Å². The summed E-state index contributed by atoms with van der Waals surface area (Å²) in [5, 5.41) is 3.67. The lowest BCUT2D eigenvalue weighted by atomic mass is 10.1. The van der Waals surface area contributed by atoms with Crippen LogP contribution in [-0.4, -0.2) is 17.7 Å². The molecular formula is C18H20ClNOS. The van der Waals surface area contributed by atoms with Crippen LogP contribution >= 0.6 is 23.4 Å². The average molecular weight is 334 g/mol. The molecule has 0 aliphatic heterocycles. The molecule has 2 nitrogen and oxygen atoms in total. The summed E-state index contributed by atoms with van der Waals surface area (Å²) in [6.07, 6.45) is 0.818. The molecule has 0 fully saturated rings. The lowest BCUT2D eigenvalue weighted by Crippen LogP contribution is -2.32. The topological polar surface area (TPSA) is 29.1 Å². The summed E-state index contributed by atoms with van der Waals surface area (Å²) in [5.74, 6) is 0.946. The molecule has 0 saturated carbocycles. The Balaban J connectivity index is 1.69. The summed E-state index contributed by atoms with van der Waals surface area (Å²) in [6, 6.07) is 17.9. The summed E-state index contributed by atoms with van der Waals surface area (Å²) in [4.78, 5) is 12.1. The van der Waals surface area contributed by atoms with Gasteiger partial charge in [-0.3, -0.25) is 4.79 Å². The van der Waals surface area contributed by atoms with Crippen molar-refractivity contribution in [3.63, 3.8) is 0 Å². The SMILES string of the molecule is C[C@@H](SCc1ccccc1)C(=O)NCCc1ccc(Cl)cc1. The average Bonchev–Trinajstić information content (AvgIpc) is 2.55. The van der Waals surface area contributed by atoms with Gasteiger partial charge in [0.05, 0.1) is 5.25 Å². The van der Waals surface area contributed by atoms with Crippen LogP contribution in [-0.2, 0) is 17.0 Å². The van der Waals surface area contributed by atoms with Crippen molar-refractivity contribution in [1.29, 1.82) is 0 Å². The molecule has 0 aromatic heterocycles. The van der Waals surface area contributed by atoms with Crippen LogP contribution in [0.1, 0.15) is 18.1 Å². The molecule has 0 bridgehead atoms. The van der Waals surface area contributed by atoms with Crippen molar-refractivity contribution in [2.24, 2.45) is 0 Å². The van der Waals surface area contributed by atoms with E-state index in [2.05, 4.69) is 17.4 Å². The Morgan fingerprint density at radius 1 is 1.09 bits per heavy atom. The van der Waals surface area contributed by atoms with Crippen molar-refractivity contribution in [3.8, 4) is 0 Å². The first-order valence-electron chi connectivity index (χ1n) is 7.33. The standard InChI is InChI=1S/C18H20ClNOS/c1-14(22-13-16-5-3-2-4-6-16)18(21)20-12-11-15-7-9-17(19)10-8-15/h2-10,14H,11-13H2,1H3,(H,20,21)/t14-/m1/s1. The van der Waals surface area contributed by atoms with Crippen LogP contribution in [0.15, 0.2) is 54.6 Å². The van der Waals surface area contributed by atoms with Gasteiger partial charge in [-0.2, -0.15) is 0 Å². The highest BCUT2D eigenvalue weighted by molar-refractivity contribution is 7.99. The molecule has 4 heteroatoms. The maximum absolute atomic E-state index is 12.1. The summed E-state index contributed by atoms with van der Waals surface area (Å²) in [5.41, 5.74) is 2.42. The van der Waals surface area contributed by atoms with Crippen molar-refractivity contribution in [1.82, 2.24) is 5.32 Å². The molecule has 0 radical (unpaired) electrons. The van der Waals surface area contributed by atoms with Gasteiger partial charge in [0.25, 0.3) is 0 Å². The van der Waals surface area contributed by atoms with Gasteiger partial charge in [0.1, 0.15) is 0 Å². The maximum Gasteiger partial charge on any atom is 0.232 e. The van der Waals surface area contributed by atoms with Gasteiger partial charge < -0.3 is 5.32 Å². The third kappa shape index (κ3) is 5.74. The van der Waals surface area contributed by atoms with Crippen molar-refractivity contribution in [2.45, 2.75) is 24.3 Å². The van der Waals surface area contributed by atoms with E-state index in [1.807, 2.05) is 49.4 Å². The molecule has 2 rings (SSSR count). The zero-order valence-corrected chi connectivity index (χ0v) is 14.2. The molecule has 1 N–H and O–H groups in total. The van der Waals surface area contributed by atoms with Gasteiger partial charge in [-0.05, 0) is 36.6 Å². The summed E-state index contributed by atoms with van der Waals surface area (Å²) in [7, 11) is 0. The normalized spacial score (nSPS) is 11.9. The summed E-state index contributed by atoms with van der Waals surface area (Å²) in [6.45, 7) is 2.60. The van der Waals surface area contributed by atoms with E-state index in [4.69, 9.17) is 11.6 Å². The third-order valence-electron chi connectivity index (χ3n) is 3.34. The lowest BCUT2D eigenvalue weighted by Gasteiger charge is -2.12. The molecule has 1 amide bonds. The van der Waals surface area contributed by atoms with E-state index in [1.54, 1.807) is 11.8 Å². The fourth-order valence-corrected chi connectivity index (χ4v) is 2.99. The van der Waals surface area contributed by atoms with E-state index >= 15 is 0 Å². The number of amides is 1. The Kier molecular flexibility index (Phi) is 6.81. The zero-order valence-electron chi connectivity index (χ0n) is 12.6. The second kappa shape index (κ2) is 8.86. The maximum atomic E-state index is 12.1. The second-order valence-corrected chi connectivity index (χ2v) is 6.87. The number of carbonyl (C=O) groups excluding carboxylic acids is 1. The molecule has 1 atom stereocenters. The lowest BCUT2D eigenvalue weighted by molar-refractivity contribution is -0.120. The van der Waals surface area contributed by atoms with E-state index in [1.165, 1.54) is 11.1 Å². The Labute approximate surface area is 141 Å². The molecule has 116 valence electrons. The largest absolute Gasteiger partial charge is 0.355 e. The Morgan fingerprint density at radius 3 is 2.45 bits per heavy atom. The molecule has 0 spiro atoms. The van der Waals surface area contributed by atoms with E-state index in [-0.39, 0.29) is 11.2 Å². The van der Waals surface area contributed by atoms with E-state index in [0.29, 0.717) is 6.54 Å². The van der Waals surface area contributed by atoms with Gasteiger partial charge in [0, 0.05) is 17.3 Å². The Morgan fingerprint density at radius 2 is 1.77 bits per heavy atom. The molecule has 0 heterocycles. The summed E-state index contributed by atoms with van der Waals surface area (Å²) >= 11 is 7.51. The zero-order chi connectivity index (χ0) is 15.8. The molecule has 0 saturated heterocycles. The van der Waals surface area contributed by atoms with Gasteiger partial charge in [0.15, 0.2) is 0 Å². The number of hydrogen-bond acceptors (Lipinski definition) is 2. The Hall–Kier alpha value is -1.45. The highest BCUT2D eigenvalue weighted by atomic mass is 35.5. The molecule has 0 aliphatic rings. The highest BCUT2D eigenvalue weighted by Crippen LogP contribution is 2.17. The van der Waals surface area contributed by atoms with Gasteiger partial charge >= 0.3 is 0 Å².